The summed E-state index contributed by atoms with van der Waals surface area (Å²) in [5, 5.41) is 20.7. The van der Waals surface area contributed by atoms with E-state index in [-0.39, 0.29) is 18.3 Å². The van der Waals surface area contributed by atoms with E-state index >= 15 is 0 Å². The lowest BCUT2D eigenvalue weighted by Gasteiger charge is -2.30. The lowest BCUT2D eigenvalue weighted by molar-refractivity contribution is -0.122. The maximum Gasteiger partial charge on any atom is 0.387 e. The van der Waals surface area contributed by atoms with Crippen LogP contribution in [0.4, 0.5) is 14.6 Å². The van der Waals surface area contributed by atoms with Crippen LogP contribution in [0.3, 0.4) is 0 Å². The van der Waals surface area contributed by atoms with E-state index in [2.05, 4.69) is 32.4 Å². The van der Waals surface area contributed by atoms with Crippen LogP contribution >= 0.6 is 0 Å². The lowest BCUT2D eigenvalue weighted by Crippen LogP contribution is -2.40. The Balaban J connectivity index is 0.000000913. The molecule has 10 heteroatoms. The molecule has 0 spiro atoms. The molecule has 0 saturated carbocycles. The molecule has 8 nitrogen and oxygen atoms in total. The van der Waals surface area contributed by atoms with Gasteiger partial charge < -0.3 is 20.1 Å². The van der Waals surface area contributed by atoms with Gasteiger partial charge in [-0.15, -0.1) is 10.2 Å². The monoisotopic (exact) mass is 445 g/mol. The molecule has 0 radical (unpaired) electrons. The summed E-state index contributed by atoms with van der Waals surface area (Å²) < 4.78 is 30.6. The summed E-state index contributed by atoms with van der Waals surface area (Å²) in [4.78, 5) is 14.9. The Kier molecular flexibility index (Phi) is 7.82. The Morgan fingerprint density at radius 1 is 1.28 bits per heavy atom. The first kappa shape index (κ1) is 23.3. The molecule has 1 aromatic carbocycles. The van der Waals surface area contributed by atoms with E-state index in [9.17, 15) is 8.78 Å². The van der Waals surface area contributed by atoms with Crippen molar-refractivity contribution in [1.82, 2.24) is 20.1 Å². The summed E-state index contributed by atoms with van der Waals surface area (Å²) in [5.41, 5.74) is 1.79. The Morgan fingerprint density at radius 3 is 2.78 bits per heavy atom. The van der Waals surface area contributed by atoms with Crippen molar-refractivity contribution >= 4 is 23.1 Å². The van der Waals surface area contributed by atoms with Gasteiger partial charge in [0.2, 0.25) is 0 Å². The molecule has 4 rings (SSSR count). The summed E-state index contributed by atoms with van der Waals surface area (Å²) >= 11 is 0. The Labute approximate surface area is 184 Å². The number of ether oxygens (including phenoxy) is 1. The number of piperidine rings is 1. The summed E-state index contributed by atoms with van der Waals surface area (Å²) in [6, 6.07) is 7.26. The molecule has 0 amide bonds. The van der Waals surface area contributed by atoms with E-state index < -0.39 is 6.61 Å². The number of alkyl halides is 2. The second-order valence-electron chi connectivity index (χ2n) is 7.55. The number of anilines is 1. The molecule has 3 aromatic rings. The van der Waals surface area contributed by atoms with Gasteiger partial charge in [-0.1, -0.05) is 6.07 Å². The summed E-state index contributed by atoms with van der Waals surface area (Å²) in [5.74, 6) is 0.739. The molecule has 2 N–H and O–H groups in total. The SMILES string of the molecule is Cc1ccc(-c2nnc(N[C@@H]3CCCN(C)C3)c3cnccc23)c(OC(F)F)c1.O=CO. The first-order valence-corrected chi connectivity index (χ1v) is 10.1. The van der Waals surface area contributed by atoms with Crippen molar-refractivity contribution in [3.63, 3.8) is 0 Å². The minimum Gasteiger partial charge on any atom is -0.483 e. The first-order valence-electron chi connectivity index (χ1n) is 10.1. The molecule has 1 aliphatic rings. The van der Waals surface area contributed by atoms with E-state index in [4.69, 9.17) is 14.6 Å². The van der Waals surface area contributed by atoms with Crippen LogP contribution in [0, 0.1) is 6.92 Å². The maximum absolute atomic E-state index is 12.9. The normalized spacial score (nSPS) is 16.3. The average molecular weight is 445 g/mol. The van der Waals surface area contributed by atoms with E-state index in [1.54, 1.807) is 24.5 Å². The number of rotatable bonds is 5. The first-order chi connectivity index (χ1) is 15.4. The number of fused-ring (bicyclic) bond motifs is 1. The number of benzene rings is 1. The molecule has 1 saturated heterocycles. The summed E-state index contributed by atoms with van der Waals surface area (Å²) in [6.07, 6.45) is 5.56. The van der Waals surface area contributed by atoms with E-state index in [0.717, 1.165) is 42.3 Å². The second kappa shape index (κ2) is 10.8. The van der Waals surface area contributed by atoms with Gasteiger partial charge in [-0.2, -0.15) is 8.78 Å². The van der Waals surface area contributed by atoms with E-state index in [0.29, 0.717) is 17.1 Å². The van der Waals surface area contributed by atoms with Crippen molar-refractivity contribution in [2.24, 2.45) is 0 Å². The molecular formula is C22H25F2N5O3. The van der Waals surface area contributed by atoms with Gasteiger partial charge in [0.05, 0.1) is 0 Å². The Bertz CT molecular complexity index is 1070. The fraction of sp³-hybridized carbons (Fsp3) is 0.364. The number of pyridine rings is 1. The molecule has 32 heavy (non-hydrogen) atoms. The minimum atomic E-state index is -2.92. The van der Waals surface area contributed by atoms with Crippen molar-refractivity contribution < 1.29 is 23.4 Å². The molecule has 1 atom stereocenters. The highest BCUT2D eigenvalue weighted by molar-refractivity contribution is 6.00. The molecule has 0 aliphatic carbocycles. The highest BCUT2D eigenvalue weighted by Gasteiger charge is 2.21. The third-order valence-electron chi connectivity index (χ3n) is 5.15. The quantitative estimate of drug-likeness (QED) is 0.572. The van der Waals surface area contributed by atoms with Gasteiger partial charge >= 0.3 is 6.61 Å². The van der Waals surface area contributed by atoms with Gasteiger partial charge in [-0.05, 0) is 57.1 Å². The molecule has 1 fully saturated rings. The van der Waals surface area contributed by atoms with Gasteiger partial charge in [0.1, 0.15) is 11.4 Å². The summed E-state index contributed by atoms with van der Waals surface area (Å²) in [7, 11) is 2.10. The molecule has 170 valence electrons. The number of hydrogen-bond donors (Lipinski definition) is 2. The lowest BCUT2D eigenvalue weighted by atomic mass is 10.0. The van der Waals surface area contributed by atoms with Crippen molar-refractivity contribution in [3.8, 4) is 17.0 Å². The largest absolute Gasteiger partial charge is 0.483 e. The predicted octanol–water partition coefficient (Wildman–Crippen LogP) is 3.81. The standard InChI is InChI=1S/C21H23F2N5O.CH2O2/c1-13-5-6-16(18(10-13)29-21(22)23)19-15-7-8-24-11-17(15)20(27-26-19)25-14-4-3-9-28(2)12-14;2-1-3/h5-8,10-11,14,21H,3-4,9,12H2,1-2H3,(H,25,27);1H,(H,2,3)/t14-;/m1./s1. The Morgan fingerprint density at radius 2 is 2.06 bits per heavy atom. The minimum absolute atomic E-state index is 0.0852. The number of hydrogen-bond acceptors (Lipinski definition) is 7. The number of aromatic nitrogens is 3. The number of aryl methyl sites for hydroxylation is 1. The van der Waals surface area contributed by atoms with Crippen LogP contribution in [0.1, 0.15) is 18.4 Å². The number of nitrogens with zero attached hydrogens (tertiary/aromatic N) is 4. The van der Waals surface area contributed by atoms with Crippen LogP contribution in [0.15, 0.2) is 36.7 Å². The number of likely N-dealkylation sites (tertiary alicyclic amines) is 1. The highest BCUT2D eigenvalue weighted by Crippen LogP contribution is 2.36. The zero-order valence-electron chi connectivity index (χ0n) is 17.8. The van der Waals surface area contributed by atoms with Crippen molar-refractivity contribution in [1.29, 1.82) is 0 Å². The predicted molar refractivity (Wildman–Crippen MR) is 117 cm³/mol. The van der Waals surface area contributed by atoms with Crippen LogP contribution in [0.2, 0.25) is 0 Å². The van der Waals surface area contributed by atoms with E-state index in [1.165, 1.54) is 0 Å². The fourth-order valence-electron chi connectivity index (χ4n) is 3.80. The van der Waals surface area contributed by atoms with Crippen molar-refractivity contribution in [2.45, 2.75) is 32.4 Å². The smallest absolute Gasteiger partial charge is 0.387 e. The van der Waals surface area contributed by atoms with Gasteiger partial charge in [0, 0.05) is 41.3 Å². The topological polar surface area (TPSA) is 100 Å². The maximum atomic E-state index is 12.9. The van der Waals surface area contributed by atoms with Crippen LogP contribution in [-0.2, 0) is 4.79 Å². The van der Waals surface area contributed by atoms with Crippen LogP contribution in [-0.4, -0.2) is 64.5 Å². The van der Waals surface area contributed by atoms with Crippen LogP contribution in [0.25, 0.3) is 22.0 Å². The zero-order chi connectivity index (χ0) is 23.1. The third kappa shape index (κ3) is 5.64. The van der Waals surface area contributed by atoms with Gasteiger partial charge in [-0.3, -0.25) is 9.78 Å². The zero-order valence-corrected chi connectivity index (χ0v) is 17.8. The summed E-state index contributed by atoms with van der Waals surface area (Å²) in [6.45, 7) is 0.672. The number of carbonyl (C=O) groups is 1. The molecule has 0 bridgehead atoms. The fourth-order valence-corrected chi connectivity index (χ4v) is 3.80. The highest BCUT2D eigenvalue weighted by atomic mass is 19.3. The third-order valence-corrected chi connectivity index (χ3v) is 5.15. The van der Waals surface area contributed by atoms with Crippen LogP contribution < -0.4 is 10.1 Å². The molecular weight excluding hydrogens is 420 g/mol. The van der Waals surface area contributed by atoms with E-state index in [1.807, 2.05) is 19.1 Å². The van der Waals surface area contributed by atoms with Gasteiger partial charge in [0.25, 0.3) is 6.47 Å². The van der Waals surface area contributed by atoms with Crippen molar-refractivity contribution in [2.75, 3.05) is 25.5 Å². The molecule has 0 unspecified atom stereocenters. The van der Waals surface area contributed by atoms with Crippen molar-refractivity contribution in [3.05, 3.63) is 42.2 Å². The molecule has 1 aliphatic heterocycles. The molecule has 2 aromatic heterocycles. The second-order valence-corrected chi connectivity index (χ2v) is 7.55. The number of likely N-dealkylation sites (N-methyl/N-ethyl adjacent to an activating group) is 1. The molecule has 3 heterocycles. The number of halogens is 2. The average Bonchev–Trinajstić information content (AvgIpc) is 2.75. The number of carboxylic acid groups (broad SMARTS) is 1. The van der Waals surface area contributed by atoms with Gasteiger partial charge in [-0.25, -0.2) is 0 Å². The number of nitrogens with one attached hydrogen (secondary N) is 1. The Hall–Kier alpha value is -3.40. The van der Waals surface area contributed by atoms with Gasteiger partial charge in [0.15, 0.2) is 5.82 Å². The van der Waals surface area contributed by atoms with Crippen LogP contribution in [0.5, 0.6) is 5.75 Å².